The van der Waals surface area contributed by atoms with E-state index in [9.17, 15) is 4.79 Å². The third-order valence-electron chi connectivity index (χ3n) is 6.30. The van der Waals surface area contributed by atoms with Gasteiger partial charge in [-0.2, -0.15) is 5.10 Å². The molecule has 6 nitrogen and oxygen atoms in total. The van der Waals surface area contributed by atoms with Crippen molar-refractivity contribution in [2.24, 2.45) is 5.92 Å². The second-order valence-corrected chi connectivity index (χ2v) is 8.83. The number of aryl methyl sites for hydroxylation is 2. The van der Waals surface area contributed by atoms with Crippen molar-refractivity contribution in [3.05, 3.63) is 70.9 Å². The topological polar surface area (TPSA) is 72.7 Å². The predicted octanol–water partition coefficient (Wildman–Crippen LogP) is 4.50. The highest BCUT2D eigenvalue weighted by Crippen LogP contribution is 2.57. The van der Waals surface area contributed by atoms with Gasteiger partial charge in [0.1, 0.15) is 11.6 Å². The normalized spacial score (nSPS) is 22.7. The molecule has 1 N–H and O–H groups in total. The van der Waals surface area contributed by atoms with Crippen molar-refractivity contribution < 1.29 is 4.79 Å². The Hall–Kier alpha value is -2.73. The number of carbonyl (C=O) groups is 1. The number of aromatic nitrogens is 4. The van der Waals surface area contributed by atoms with Crippen molar-refractivity contribution in [3.8, 4) is 0 Å². The summed E-state index contributed by atoms with van der Waals surface area (Å²) in [5, 5.41) is 8.22. The average molecular weight is 422 g/mol. The molecule has 0 bridgehead atoms. The number of amides is 1. The predicted molar refractivity (Wildman–Crippen MR) is 115 cm³/mol. The van der Waals surface area contributed by atoms with E-state index in [1.165, 1.54) is 18.4 Å². The van der Waals surface area contributed by atoms with Crippen LogP contribution in [0, 0.1) is 12.8 Å². The number of nitrogens with one attached hydrogen (secondary N) is 1. The van der Waals surface area contributed by atoms with E-state index >= 15 is 0 Å². The minimum Gasteiger partial charge on any atom is -0.310 e. The van der Waals surface area contributed by atoms with Gasteiger partial charge in [0.2, 0.25) is 5.91 Å². The first kappa shape index (κ1) is 19.2. The molecule has 2 atom stereocenters. The first-order valence-electron chi connectivity index (χ1n) is 10.4. The van der Waals surface area contributed by atoms with Crippen molar-refractivity contribution in [3.63, 3.8) is 0 Å². The Balaban J connectivity index is 1.34. The van der Waals surface area contributed by atoms with Gasteiger partial charge in [-0.05, 0) is 50.3 Å². The molecule has 2 aromatic heterocycles. The molecule has 0 unspecified atom stereocenters. The van der Waals surface area contributed by atoms with Crippen LogP contribution >= 0.6 is 11.6 Å². The molecule has 0 saturated heterocycles. The minimum absolute atomic E-state index is 0.00246. The van der Waals surface area contributed by atoms with Gasteiger partial charge in [0.25, 0.3) is 0 Å². The zero-order chi connectivity index (χ0) is 20.7. The molecule has 2 fully saturated rings. The van der Waals surface area contributed by atoms with Gasteiger partial charge in [-0.3, -0.25) is 9.48 Å². The van der Waals surface area contributed by atoms with E-state index in [4.69, 9.17) is 16.7 Å². The van der Waals surface area contributed by atoms with E-state index in [1.54, 1.807) is 18.3 Å². The SMILES string of the molecule is Cc1nc(C2CC2)nn1CC[C@@]1(c2ccccc2)C[C@H]1C(=O)Nc1ccc(Cl)cn1. The number of hydrogen-bond donors (Lipinski definition) is 1. The number of hydrogen-bond acceptors (Lipinski definition) is 4. The Morgan fingerprint density at radius 3 is 2.73 bits per heavy atom. The summed E-state index contributed by atoms with van der Waals surface area (Å²) in [5.41, 5.74) is 1.02. The number of rotatable bonds is 7. The molecule has 0 radical (unpaired) electrons. The summed E-state index contributed by atoms with van der Waals surface area (Å²) in [6.45, 7) is 2.76. The van der Waals surface area contributed by atoms with Crippen LogP contribution in [0.15, 0.2) is 48.7 Å². The van der Waals surface area contributed by atoms with Gasteiger partial charge in [0.15, 0.2) is 5.82 Å². The van der Waals surface area contributed by atoms with Gasteiger partial charge in [-0.25, -0.2) is 9.97 Å². The van der Waals surface area contributed by atoms with Crippen molar-refractivity contribution in [1.29, 1.82) is 0 Å². The fourth-order valence-corrected chi connectivity index (χ4v) is 4.41. The Kier molecular flexibility index (Phi) is 4.82. The van der Waals surface area contributed by atoms with Gasteiger partial charge in [0, 0.05) is 30.0 Å². The van der Waals surface area contributed by atoms with E-state index in [1.807, 2.05) is 29.8 Å². The maximum atomic E-state index is 13.0. The molecule has 2 heterocycles. The van der Waals surface area contributed by atoms with Crippen LogP contribution in [0.3, 0.4) is 0 Å². The molecule has 7 heteroatoms. The third-order valence-corrected chi connectivity index (χ3v) is 6.53. The van der Waals surface area contributed by atoms with E-state index < -0.39 is 0 Å². The molecular formula is C23H24ClN5O. The van der Waals surface area contributed by atoms with E-state index in [-0.39, 0.29) is 17.2 Å². The van der Waals surface area contributed by atoms with Crippen LogP contribution in [0.25, 0.3) is 0 Å². The van der Waals surface area contributed by atoms with Gasteiger partial charge in [-0.15, -0.1) is 0 Å². The summed E-state index contributed by atoms with van der Waals surface area (Å²) < 4.78 is 2.01. The summed E-state index contributed by atoms with van der Waals surface area (Å²) in [6.07, 6.45) is 5.59. The van der Waals surface area contributed by atoms with Crippen LogP contribution in [-0.2, 0) is 16.8 Å². The third kappa shape index (κ3) is 3.72. The summed E-state index contributed by atoms with van der Waals surface area (Å²) in [4.78, 5) is 21.8. The molecule has 154 valence electrons. The largest absolute Gasteiger partial charge is 0.310 e. The molecule has 1 aromatic carbocycles. The zero-order valence-corrected chi connectivity index (χ0v) is 17.6. The standard InChI is InChI=1S/C23H24ClN5O/c1-15-26-21(16-7-8-16)28-29(15)12-11-23(17-5-3-2-4-6-17)13-19(23)22(30)27-20-10-9-18(24)14-25-20/h2-6,9-10,14,16,19H,7-8,11-13H2,1H3,(H,25,27,30)/t19-,23-/m0/s1. The van der Waals surface area contributed by atoms with Gasteiger partial charge < -0.3 is 5.32 Å². The Labute approximate surface area is 180 Å². The highest BCUT2D eigenvalue weighted by Gasteiger charge is 2.58. The second kappa shape index (κ2) is 7.51. The number of nitrogens with zero attached hydrogens (tertiary/aromatic N) is 4. The van der Waals surface area contributed by atoms with Crippen LogP contribution in [0.4, 0.5) is 5.82 Å². The second-order valence-electron chi connectivity index (χ2n) is 8.39. The maximum Gasteiger partial charge on any atom is 0.229 e. The van der Waals surface area contributed by atoms with Crippen molar-refractivity contribution in [2.45, 2.75) is 50.5 Å². The summed E-state index contributed by atoms with van der Waals surface area (Å²) in [5.74, 6) is 2.90. The summed E-state index contributed by atoms with van der Waals surface area (Å²) in [6, 6.07) is 13.8. The average Bonchev–Trinajstić information content (AvgIpc) is 3.67. The lowest BCUT2D eigenvalue weighted by Crippen LogP contribution is -2.23. The fourth-order valence-electron chi connectivity index (χ4n) is 4.30. The van der Waals surface area contributed by atoms with Gasteiger partial charge >= 0.3 is 0 Å². The van der Waals surface area contributed by atoms with Crippen LogP contribution in [-0.4, -0.2) is 25.7 Å². The molecule has 1 amide bonds. The zero-order valence-electron chi connectivity index (χ0n) is 16.9. The van der Waals surface area contributed by atoms with Crippen LogP contribution in [0.5, 0.6) is 0 Å². The number of pyridine rings is 1. The molecule has 3 aromatic rings. The first-order chi connectivity index (χ1) is 14.5. The Bertz CT molecular complexity index is 1060. The number of halogens is 1. The van der Waals surface area contributed by atoms with E-state index in [0.29, 0.717) is 16.8 Å². The Morgan fingerprint density at radius 1 is 1.23 bits per heavy atom. The van der Waals surface area contributed by atoms with Crippen LogP contribution in [0.1, 0.15) is 48.8 Å². The van der Waals surface area contributed by atoms with Crippen molar-refractivity contribution >= 4 is 23.3 Å². The maximum absolute atomic E-state index is 13.0. The lowest BCUT2D eigenvalue weighted by atomic mass is 9.89. The molecule has 2 aliphatic carbocycles. The van der Waals surface area contributed by atoms with E-state index in [2.05, 4.69) is 27.4 Å². The number of carbonyl (C=O) groups excluding carboxylic acids is 1. The summed E-state index contributed by atoms with van der Waals surface area (Å²) in [7, 11) is 0. The van der Waals surface area contributed by atoms with E-state index in [0.717, 1.165) is 31.0 Å². The Morgan fingerprint density at radius 2 is 2.03 bits per heavy atom. The van der Waals surface area contributed by atoms with Gasteiger partial charge in [0.05, 0.1) is 5.02 Å². The molecule has 2 saturated carbocycles. The highest BCUT2D eigenvalue weighted by molar-refractivity contribution is 6.30. The van der Waals surface area contributed by atoms with Gasteiger partial charge in [-0.1, -0.05) is 41.9 Å². The molecule has 30 heavy (non-hydrogen) atoms. The number of benzene rings is 1. The quantitative estimate of drug-likeness (QED) is 0.609. The molecular weight excluding hydrogens is 398 g/mol. The van der Waals surface area contributed by atoms with Crippen molar-refractivity contribution in [2.75, 3.05) is 5.32 Å². The monoisotopic (exact) mass is 421 g/mol. The fraction of sp³-hybridized carbons (Fsp3) is 0.391. The summed E-state index contributed by atoms with van der Waals surface area (Å²) >= 11 is 5.90. The lowest BCUT2D eigenvalue weighted by Gasteiger charge is -2.18. The van der Waals surface area contributed by atoms with Crippen LogP contribution < -0.4 is 5.32 Å². The van der Waals surface area contributed by atoms with Crippen LogP contribution in [0.2, 0.25) is 5.02 Å². The molecule has 2 aliphatic rings. The first-order valence-corrected chi connectivity index (χ1v) is 10.8. The van der Waals surface area contributed by atoms with Crippen molar-refractivity contribution in [1.82, 2.24) is 19.7 Å². The molecule has 5 rings (SSSR count). The number of anilines is 1. The lowest BCUT2D eigenvalue weighted by molar-refractivity contribution is -0.117. The molecule has 0 aliphatic heterocycles. The molecule has 0 spiro atoms. The highest BCUT2D eigenvalue weighted by atomic mass is 35.5. The smallest absolute Gasteiger partial charge is 0.229 e. The minimum atomic E-state index is -0.185.